The smallest absolute Gasteiger partial charge is 0.260 e. The summed E-state index contributed by atoms with van der Waals surface area (Å²) in [6, 6.07) is 6.14. The maximum atomic E-state index is 13.5. The van der Waals surface area contributed by atoms with Gasteiger partial charge in [-0.15, -0.1) is 11.3 Å². The zero-order valence-corrected chi connectivity index (χ0v) is 15.4. The number of piperazine rings is 1. The van der Waals surface area contributed by atoms with Crippen molar-refractivity contribution in [3.63, 3.8) is 0 Å². The molecule has 2 aromatic rings. The molecule has 7 heteroatoms. The molecule has 1 saturated carbocycles. The van der Waals surface area contributed by atoms with E-state index in [-0.39, 0.29) is 18.3 Å². The first-order valence-electron chi connectivity index (χ1n) is 9.01. The van der Waals surface area contributed by atoms with Gasteiger partial charge in [-0.3, -0.25) is 9.69 Å². The Hall–Kier alpha value is -1.99. The number of hydrogen-bond acceptors (Lipinski definition) is 5. The lowest BCUT2D eigenvalue weighted by atomic mass is 10.3. The van der Waals surface area contributed by atoms with Gasteiger partial charge in [0.2, 0.25) is 0 Å². The predicted molar refractivity (Wildman–Crippen MR) is 97.8 cm³/mol. The van der Waals surface area contributed by atoms with Gasteiger partial charge in [0.1, 0.15) is 5.01 Å². The summed E-state index contributed by atoms with van der Waals surface area (Å²) in [6.45, 7) is 3.71. The zero-order valence-electron chi connectivity index (χ0n) is 14.6. The number of halogens is 1. The average molecular weight is 375 g/mol. The Kier molecular flexibility index (Phi) is 5.17. The van der Waals surface area contributed by atoms with Gasteiger partial charge >= 0.3 is 0 Å². The molecular formula is C19H22FN3O2S. The molecule has 2 heterocycles. The van der Waals surface area contributed by atoms with Crippen LogP contribution < -0.4 is 4.74 Å². The number of nitrogens with zero attached hydrogens (tertiary/aromatic N) is 3. The van der Waals surface area contributed by atoms with Crippen molar-refractivity contribution in [1.82, 2.24) is 14.8 Å². The zero-order chi connectivity index (χ0) is 17.9. The molecule has 0 unspecified atom stereocenters. The SMILES string of the molecule is O=C(COc1ccccc1F)N1CCN(Cc2nc(C3CC3)cs2)CC1. The van der Waals surface area contributed by atoms with E-state index < -0.39 is 5.82 Å². The molecule has 1 aliphatic heterocycles. The Bertz CT molecular complexity index is 770. The van der Waals surface area contributed by atoms with Crippen LogP contribution in [-0.2, 0) is 11.3 Å². The number of thiazole rings is 1. The first-order valence-corrected chi connectivity index (χ1v) is 9.89. The third kappa shape index (κ3) is 4.22. The molecule has 0 radical (unpaired) electrons. The number of benzene rings is 1. The van der Waals surface area contributed by atoms with E-state index >= 15 is 0 Å². The molecule has 0 atom stereocenters. The van der Waals surface area contributed by atoms with Gasteiger partial charge in [0.15, 0.2) is 18.2 Å². The number of amides is 1. The van der Waals surface area contributed by atoms with Crippen LogP contribution in [0.15, 0.2) is 29.6 Å². The van der Waals surface area contributed by atoms with Gasteiger partial charge in [-0.25, -0.2) is 9.37 Å². The standard InChI is InChI=1S/C19H22FN3O2S/c20-15-3-1-2-4-17(15)25-12-19(24)23-9-7-22(8-10-23)11-18-21-16(13-26-18)14-5-6-14/h1-4,13-14H,5-12H2. The van der Waals surface area contributed by atoms with Crippen molar-refractivity contribution in [1.29, 1.82) is 0 Å². The molecular weight excluding hydrogens is 353 g/mol. The molecule has 1 amide bonds. The molecule has 2 fully saturated rings. The van der Waals surface area contributed by atoms with Gasteiger partial charge in [-0.2, -0.15) is 0 Å². The summed E-state index contributed by atoms with van der Waals surface area (Å²) in [6.07, 6.45) is 2.55. The van der Waals surface area contributed by atoms with Crippen molar-refractivity contribution in [2.75, 3.05) is 32.8 Å². The van der Waals surface area contributed by atoms with Gasteiger partial charge in [0.05, 0.1) is 12.2 Å². The number of hydrogen-bond donors (Lipinski definition) is 0. The lowest BCUT2D eigenvalue weighted by molar-refractivity contribution is -0.135. The van der Waals surface area contributed by atoms with Gasteiger partial charge in [-0.05, 0) is 25.0 Å². The normalized spacial score (nSPS) is 18.1. The molecule has 1 aromatic heterocycles. The minimum absolute atomic E-state index is 0.0989. The monoisotopic (exact) mass is 375 g/mol. The van der Waals surface area contributed by atoms with Crippen molar-refractivity contribution in [3.8, 4) is 5.75 Å². The number of aromatic nitrogens is 1. The minimum Gasteiger partial charge on any atom is -0.481 e. The second kappa shape index (κ2) is 7.72. The molecule has 0 bridgehead atoms. The lowest BCUT2D eigenvalue weighted by Gasteiger charge is -2.34. The van der Waals surface area contributed by atoms with Crippen molar-refractivity contribution in [2.45, 2.75) is 25.3 Å². The summed E-state index contributed by atoms with van der Waals surface area (Å²) in [5.41, 5.74) is 1.25. The van der Waals surface area contributed by atoms with E-state index in [1.807, 2.05) is 0 Å². The fourth-order valence-corrected chi connectivity index (χ4v) is 4.02. The van der Waals surface area contributed by atoms with Crippen molar-refractivity contribution in [3.05, 3.63) is 46.2 Å². The van der Waals surface area contributed by atoms with E-state index in [4.69, 9.17) is 9.72 Å². The van der Waals surface area contributed by atoms with Gasteiger partial charge in [-0.1, -0.05) is 12.1 Å². The number of para-hydroxylation sites is 1. The third-order valence-electron chi connectivity index (χ3n) is 4.84. The Morgan fingerprint density at radius 3 is 2.73 bits per heavy atom. The van der Waals surface area contributed by atoms with Gasteiger partial charge in [0, 0.05) is 37.5 Å². The number of carbonyl (C=O) groups is 1. The molecule has 26 heavy (non-hydrogen) atoms. The average Bonchev–Trinajstić information content (AvgIpc) is 3.41. The Morgan fingerprint density at radius 2 is 2.00 bits per heavy atom. The first kappa shape index (κ1) is 17.4. The maximum Gasteiger partial charge on any atom is 0.260 e. The van der Waals surface area contributed by atoms with E-state index in [0.29, 0.717) is 19.0 Å². The maximum absolute atomic E-state index is 13.5. The fourth-order valence-electron chi connectivity index (χ4n) is 3.10. The van der Waals surface area contributed by atoms with E-state index in [1.54, 1.807) is 28.4 Å². The van der Waals surface area contributed by atoms with Crippen LogP contribution in [0.25, 0.3) is 0 Å². The predicted octanol–water partition coefficient (Wildman–Crippen LogP) is 2.88. The van der Waals surface area contributed by atoms with Crippen LogP contribution in [0.4, 0.5) is 4.39 Å². The van der Waals surface area contributed by atoms with Crippen molar-refractivity contribution >= 4 is 17.2 Å². The third-order valence-corrected chi connectivity index (χ3v) is 5.69. The number of ether oxygens (including phenoxy) is 1. The molecule has 1 aliphatic carbocycles. The molecule has 2 aliphatic rings. The van der Waals surface area contributed by atoms with Crippen LogP contribution in [-0.4, -0.2) is 53.5 Å². The Morgan fingerprint density at radius 1 is 1.23 bits per heavy atom. The number of carbonyl (C=O) groups excluding carboxylic acids is 1. The second-order valence-electron chi connectivity index (χ2n) is 6.82. The summed E-state index contributed by atoms with van der Waals surface area (Å²) in [5.74, 6) is 0.274. The van der Waals surface area contributed by atoms with Gasteiger partial charge < -0.3 is 9.64 Å². The lowest BCUT2D eigenvalue weighted by Crippen LogP contribution is -2.49. The highest BCUT2D eigenvalue weighted by Crippen LogP contribution is 2.40. The van der Waals surface area contributed by atoms with Crippen LogP contribution >= 0.6 is 11.3 Å². The second-order valence-corrected chi connectivity index (χ2v) is 7.76. The van der Waals surface area contributed by atoms with E-state index in [2.05, 4.69) is 10.3 Å². The summed E-state index contributed by atoms with van der Waals surface area (Å²) >= 11 is 1.74. The first-order chi connectivity index (χ1) is 12.7. The highest BCUT2D eigenvalue weighted by Gasteiger charge is 2.27. The van der Waals surface area contributed by atoms with E-state index in [1.165, 1.54) is 30.7 Å². The Labute approximate surface area is 156 Å². The van der Waals surface area contributed by atoms with E-state index in [0.717, 1.165) is 24.6 Å². The molecule has 138 valence electrons. The summed E-state index contributed by atoms with van der Waals surface area (Å²) in [4.78, 5) is 21.1. The van der Waals surface area contributed by atoms with Crippen LogP contribution in [0.1, 0.15) is 29.5 Å². The highest BCUT2D eigenvalue weighted by molar-refractivity contribution is 7.09. The topological polar surface area (TPSA) is 45.7 Å². The summed E-state index contributed by atoms with van der Waals surface area (Å²) in [5, 5.41) is 3.35. The van der Waals surface area contributed by atoms with Gasteiger partial charge in [0.25, 0.3) is 5.91 Å². The molecule has 1 aromatic carbocycles. The van der Waals surface area contributed by atoms with Crippen molar-refractivity contribution in [2.24, 2.45) is 0 Å². The largest absolute Gasteiger partial charge is 0.481 e. The summed E-state index contributed by atoms with van der Waals surface area (Å²) in [7, 11) is 0. The van der Waals surface area contributed by atoms with Crippen LogP contribution in [0.5, 0.6) is 5.75 Å². The molecule has 5 nitrogen and oxygen atoms in total. The van der Waals surface area contributed by atoms with Crippen LogP contribution in [0.3, 0.4) is 0 Å². The Balaban J connectivity index is 1.22. The summed E-state index contributed by atoms with van der Waals surface area (Å²) < 4.78 is 18.9. The minimum atomic E-state index is -0.445. The fraction of sp³-hybridized carbons (Fsp3) is 0.474. The van der Waals surface area contributed by atoms with Crippen LogP contribution in [0.2, 0.25) is 0 Å². The van der Waals surface area contributed by atoms with E-state index in [9.17, 15) is 9.18 Å². The quantitative estimate of drug-likeness (QED) is 0.779. The highest BCUT2D eigenvalue weighted by atomic mass is 32.1. The van der Waals surface area contributed by atoms with Crippen molar-refractivity contribution < 1.29 is 13.9 Å². The molecule has 0 spiro atoms. The molecule has 0 N–H and O–H groups in total. The number of rotatable bonds is 6. The molecule has 4 rings (SSSR count). The van der Waals surface area contributed by atoms with Crippen LogP contribution in [0, 0.1) is 5.82 Å². The molecule has 1 saturated heterocycles.